The number of halogens is 1. The number of nitrogens with two attached hydrogens (primary N) is 1. The Bertz CT molecular complexity index is 246. The molecule has 0 aliphatic carbocycles. The van der Waals surface area contributed by atoms with Gasteiger partial charge in [-0.05, 0) is 6.42 Å². The lowest BCUT2D eigenvalue weighted by Gasteiger charge is -2.10. The van der Waals surface area contributed by atoms with Crippen LogP contribution in [-0.2, 0) is 14.3 Å². The fraction of sp³-hybridized carbons (Fsp3) is 0.556. The first kappa shape index (κ1) is 13.6. The molecule has 5 nitrogen and oxygen atoms in total. The molecule has 0 aromatic carbocycles. The minimum absolute atomic E-state index is 0.0148. The molecule has 0 unspecified atom stereocenters. The number of esters is 2. The monoisotopic (exact) mass is 218 g/mol. The fourth-order valence-corrected chi connectivity index (χ4v) is 0.837. The average Bonchev–Trinajstić information content (AvgIpc) is 2.17. The molecule has 15 heavy (non-hydrogen) atoms. The normalized spacial score (nSPS) is 11.7. The van der Waals surface area contributed by atoms with Crippen molar-refractivity contribution in [3.63, 3.8) is 0 Å². The molecular weight excluding hydrogens is 203 g/mol. The molecule has 0 rings (SSSR count). The van der Waals surface area contributed by atoms with Crippen molar-refractivity contribution in [1.29, 1.82) is 0 Å². The summed E-state index contributed by atoms with van der Waals surface area (Å²) < 4.78 is 16.8. The number of carbonyl (C=O) groups is 2. The summed E-state index contributed by atoms with van der Waals surface area (Å²) in [6, 6.07) is -0.837. The quantitative estimate of drug-likeness (QED) is 0.399. The lowest BCUT2D eigenvalue weighted by molar-refractivity contribution is -0.162. The fourth-order valence-electron chi connectivity index (χ4n) is 0.837. The maximum Gasteiger partial charge on any atom is 0.336 e. The first-order valence-corrected chi connectivity index (χ1v) is 4.56. The van der Waals surface area contributed by atoms with E-state index in [1.54, 1.807) is 0 Å². The predicted molar refractivity (Wildman–Crippen MR) is 52.0 cm³/mol. The van der Waals surface area contributed by atoms with Gasteiger partial charge in [0.1, 0.15) is 12.6 Å². The number of hydrogen-bond donors (Lipinski definition) is 1. The largest absolute Gasteiger partial charge is 0.391 e. The molecule has 0 saturated carbocycles. The Morgan fingerprint density at radius 3 is 2.73 bits per heavy atom. The van der Waals surface area contributed by atoms with Crippen LogP contribution in [-0.4, -0.2) is 29.6 Å². The van der Waals surface area contributed by atoms with Crippen molar-refractivity contribution in [1.82, 2.24) is 5.12 Å². The van der Waals surface area contributed by atoms with E-state index in [0.717, 1.165) is 6.20 Å². The molecular formula is C9H15FN2O3. The smallest absolute Gasteiger partial charge is 0.336 e. The Labute approximate surface area is 87.6 Å². The molecule has 2 N–H and O–H groups in total. The predicted octanol–water partition coefficient (Wildman–Crippen LogP) is 0.514. The Morgan fingerprint density at radius 2 is 2.27 bits per heavy atom. The number of nitrogens with zero attached hydrogens (tertiary/aromatic N) is 1. The standard InChI is InChI=1S/C9H15FN2O3/c1-3-5-7(11)9(14)15-8(13)6-12(10)4-2/h4,7H,2-3,5-6,11H2,1H3/t7-/m0/s1. The molecule has 0 spiro atoms. The summed E-state index contributed by atoms with van der Waals surface area (Å²) >= 11 is 0. The molecule has 86 valence electrons. The highest BCUT2D eigenvalue weighted by atomic mass is 19.2. The van der Waals surface area contributed by atoms with Gasteiger partial charge in [0.15, 0.2) is 0 Å². The molecule has 0 aromatic heterocycles. The van der Waals surface area contributed by atoms with Gasteiger partial charge in [-0.2, -0.15) is 0 Å². The zero-order valence-corrected chi connectivity index (χ0v) is 8.61. The van der Waals surface area contributed by atoms with Crippen LogP contribution >= 0.6 is 0 Å². The van der Waals surface area contributed by atoms with Gasteiger partial charge in [-0.1, -0.05) is 19.9 Å². The third kappa shape index (κ3) is 5.79. The van der Waals surface area contributed by atoms with E-state index in [4.69, 9.17) is 5.73 Å². The highest BCUT2D eigenvalue weighted by molar-refractivity contribution is 5.89. The van der Waals surface area contributed by atoms with Crippen LogP contribution in [0.5, 0.6) is 0 Å². The topological polar surface area (TPSA) is 72.6 Å². The van der Waals surface area contributed by atoms with Crippen LogP contribution in [0.3, 0.4) is 0 Å². The van der Waals surface area contributed by atoms with E-state index in [0.29, 0.717) is 12.8 Å². The zero-order chi connectivity index (χ0) is 11.8. The number of ether oxygens (including phenoxy) is 1. The minimum Gasteiger partial charge on any atom is -0.391 e. The molecule has 6 heteroatoms. The van der Waals surface area contributed by atoms with Crippen LogP contribution in [0.25, 0.3) is 0 Å². The first-order valence-electron chi connectivity index (χ1n) is 4.56. The van der Waals surface area contributed by atoms with Gasteiger partial charge in [-0.3, -0.25) is 0 Å². The van der Waals surface area contributed by atoms with Gasteiger partial charge in [-0.15, -0.1) is 4.48 Å². The number of rotatable bonds is 6. The second kappa shape index (κ2) is 6.94. The third-order valence-electron chi connectivity index (χ3n) is 1.60. The summed E-state index contributed by atoms with van der Waals surface area (Å²) in [4.78, 5) is 22.0. The second-order valence-corrected chi connectivity index (χ2v) is 2.93. The van der Waals surface area contributed by atoms with E-state index in [2.05, 4.69) is 11.3 Å². The van der Waals surface area contributed by atoms with Gasteiger partial charge >= 0.3 is 11.9 Å². The van der Waals surface area contributed by atoms with Gasteiger partial charge < -0.3 is 10.5 Å². The molecule has 1 atom stereocenters. The third-order valence-corrected chi connectivity index (χ3v) is 1.60. The molecule has 0 heterocycles. The van der Waals surface area contributed by atoms with Crippen LogP contribution in [0.15, 0.2) is 12.8 Å². The summed E-state index contributed by atoms with van der Waals surface area (Å²) in [5.74, 6) is -1.83. The van der Waals surface area contributed by atoms with Crippen molar-refractivity contribution in [2.24, 2.45) is 5.73 Å². The molecule has 0 bridgehead atoms. The zero-order valence-electron chi connectivity index (χ0n) is 8.61. The Morgan fingerprint density at radius 1 is 1.67 bits per heavy atom. The Balaban J connectivity index is 3.95. The Hall–Kier alpha value is -1.43. The molecule has 0 amide bonds. The van der Waals surface area contributed by atoms with Crippen molar-refractivity contribution in [2.45, 2.75) is 25.8 Å². The summed E-state index contributed by atoms with van der Waals surface area (Å²) in [5, 5.41) is 0.0148. The lowest BCUT2D eigenvalue weighted by atomic mass is 10.2. The van der Waals surface area contributed by atoms with Crippen molar-refractivity contribution in [3.05, 3.63) is 12.8 Å². The highest BCUT2D eigenvalue weighted by Gasteiger charge is 2.18. The van der Waals surface area contributed by atoms with Crippen LogP contribution in [0, 0.1) is 0 Å². The molecule has 0 saturated heterocycles. The van der Waals surface area contributed by atoms with Crippen LogP contribution in [0.4, 0.5) is 4.48 Å². The first-order chi connectivity index (χ1) is 7.01. The number of hydrogen-bond acceptors (Lipinski definition) is 5. The lowest BCUT2D eigenvalue weighted by Crippen LogP contribution is -2.35. The Kier molecular flexibility index (Phi) is 6.28. The van der Waals surface area contributed by atoms with E-state index in [-0.39, 0.29) is 5.12 Å². The van der Waals surface area contributed by atoms with Gasteiger partial charge in [0.25, 0.3) is 0 Å². The second-order valence-electron chi connectivity index (χ2n) is 2.93. The SMILES string of the molecule is C=CN(F)CC(=O)OC(=O)[C@@H](N)CCC. The molecule has 0 aliphatic rings. The number of carbonyl (C=O) groups excluding carboxylic acids is 2. The van der Waals surface area contributed by atoms with Gasteiger partial charge in [-0.25, -0.2) is 14.7 Å². The molecule has 0 radical (unpaired) electrons. The van der Waals surface area contributed by atoms with Gasteiger partial charge in [0.05, 0.1) is 0 Å². The van der Waals surface area contributed by atoms with Crippen molar-refractivity contribution in [3.8, 4) is 0 Å². The summed E-state index contributed by atoms with van der Waals surface area (Å²) in [5.41, 5.74) is 5.39. The van der Waals surface area contributed by atoms with E-state index in [1.807, 2.05) is 6.92 Å². The van der Waals surface area contributed by atoms with E-state index in [1.165, 1.54) is 0 Å². The van der Waals surface area contributed by atoms with Gasteiger partial charge in [0, 0.05) is 6.20 Å². The molecule has 0 fully saturated rings. The summed E-state index contributed by atoms with van der Waals surface area (Å²) in [6.45, 7) is 4.26. The van der Waals surface area contributed by atoms with E-state index < -0.39 is 24.5 Å². The van der Waals surface area contributed by atoms with Crippen LogP contribution in [0.2, 0.25) is 0 Å². The van der Waals surface area contributed by atoms with Crippen LogP contribution < -0.4 is 5.73 Å². The summed E-state index contributed by atoms with van der Waals surface area (Å²) in [6.07, 6.45) is 1.93. The molecule has 0 aliphatic heterocycles. The van der Waals surface area contributed by atoms with E-state index >= 15 is 0 Å². The van der Waals surface area contributed by atoms with Gasteiger partial charge in [0.2, 0.25) is 0 Å². The highest BCUT2D eigenvalue weighted by Crippen LogP contribution is 1.98. The summed E-state index contributed by atoms with van der Waals surface area (Å²) in [7, 11) is 0. The van der Waals surface area contributed by atoms with Crippen molar-refractivity contribution < 1.29 is 18.8 Å². The van der Waals surface area contributed by atoms with Crippen LogP contribution in [0.1, 0.15) is 19.8 Å². The maximum atomic E-state index is 12.5. The average molecular weight is 218 g/mol. The van der Waals surface area contributed by atoms with Crippen molar-refractivity contribution >= 4 is 11.9 Å². The maximum absolute atomic E-state index is 12.5. The van der Waals surface area contributed by atoms with E-state index in [9.17, 15) is 14.1 Å². The molecule has 0 aromatic rings. The van der Waals surface area contributed by atoms with Crippen molar-refractivity contribution in [2.75, 3.05) is 6.54 Å². The minimum atomic E-state index is -0.992.